The van der Waals surface area contributed by atoms with Crippen LogP contribution >= 0.6 is 0 Å². The highest BCUT2D eigenvalue weighted by molar-refractivity contribution is 6.24. The monoisotopic (exact) mass is 816 g/mol. The second-order valence-electron chi connectivity index (χ2n) is 16.9. The number of hydrogen-bond donors (Lipinski definition) is 2. The number of piperidine rings is 1. The standard InChI is InChI=1S/C45H56N10O5/c1-51(2)43(59)36-27-31-28-47-45(50-40(31)54(36)32-15-9-10-16-32)48-37-20-18-33(29-46-37)53-25-23-52(24-26-53)22-11-7-5-3-4-6-8-13-30-14-12-17-34-39(30)44(60)55(42(34)58)35-19-21-38(56)49-41(35)57/h12,14,17-18,20,27-29,32,35H,3-11,13,15-16,19,21-26H2,1-2H3,(H,49,56,57)(H,46,47,48,50). The number of piperazine rings is 1. The van der Waals surface area contributed by atoms with Crippen LogP contribution in [0.25, 0.3) is 11.0 Å². The first kappa shape index (κ1) is 41.1. The molecule has 4 aromatic rings. The van der Waals surface area contributed by atoms with E-state index < -0.39 is 23.8 Å². The fraction of sp³-hybridized carbons (Fsp3) is 0.511. The number of benzene rings is 1. The van der Waals surface area contributed by atoms with Crippen LogP contribution in [-0.4, -0.2) is 117 Å². The van der Waals surface area contributed by atoms with Gasteiger partial charge in [0.25, 0.3) is 17.7 Å². The lowest BCUT2D eigenvalue weighted by molar-refractivity contribution is -0.136. The Bertz CT molecular complexity index is 2240. The lowest BCUT2D eigenvalue weighted by atomic mass is 9.97. The Labute approximate surface area is 350 Å². The zero-order valence-electron chi connectivity index (χ0n) is 34.8. The predicted octanol–water partition coefficient (Wildman–Crippen LogP) is 5.88. The number of fused-ring (bicyclic) bond motifs is 2. The third-order valence-electron chi connectivity index (χ3n) is 12.6. The van der Waals surface area contributed by atoms with Gasteiger partial charge >= 0.3 is 0 Å². The molecule has 316 valence electrons. The van der Waals surface area contributed by atoms with Gasteiger partial charge in [-0.25, -0.2) is 9.97 Å². The maximum Gasteiger partial charge on any atom is 0.270 e. The second-order valence-corrected chi connectivity index (χ2v) is 16.9. The van der Waals surface area contributed by atoms with Gasteiger partial charge in [-0.1, -0.05) is 57.1 Å². The molecule has 60 heavy (non-hydrogen) atoms. The van der Waals surface area contributed by atoms with E-state index in [1.165, 1.54) is 25.7 Å². The summed E-state index contributed by atoms with van der Waals surface area (Å²) in [6.45, 7) is 5.07. The van der Waals surface area contributed by atoms with Gasteiger partial charge in [-0.2, -0.15) is 4.98 Å². The van der Waals surface area contributed by atoms with E-state index in [1.807, 2.05) is 30.5 Å². The van der Waals surface area contributed by atoms with E-state index >= 15 is 0 Å². The number of pyridine rings is 1. The normalized spacial score (nSPS) is 18.7. The molecule has 1 aliphatic carbocycles. The number of unbranched alkanes of at least 4 members (excludes halogenated alkanes) is 6. The number of anilines is 3. The number of carbonyl (C=O) groups is 5. The van der Waals surface area contributed by atoms with Gasteiger partial charge in [-0.15, -0.1) is 0 Å². The Morgan fingerprint density at radius 1 is 0.850 bits per heavy atom. The van der Waals surface area contributed by atoms with Crippen molar-refractivity contribution in [1.82, 2.24) is 39.5 Å². The summed E-state index contributed by atoms with van der Waals surface area (Å²) in [7, 11) is 3.56. The lowest BCUT2D eigenvalue weighted by Gasteiger charge is -2.36. The number of nitrogens with zero attached hydrogens (tertiary/aromatic N) is 8. The molecule has 8 rings (SSSR count). The molecule has 0 spiro atoms. The molecule has 0 bridgehead atoms. The zero-order chi connectivity index (χ0) is 41.8. The summed E-state index contributed by atoms with van der Waals surface area (Å²) < 4.78 is 2.12. The van der Waals surface area contributed by atoms with Crippen molar-refractivity contribution in [2.24, 2.45) is 0 Å². The minimum absolute atomic E-state index is 0.0244. The van der Waals surface area contributed by atoms with Crippen LogP contribution in [0.4, 0.5) is 17.5 Å². The van der Waals surface area contributed by atoms with Crippen molar-refractivity contribution >= 4 is 58.0 Å². The van der Waals surface area contributed by atoms with Crippen molar-refractivity contribution in [2.45, 2.75) is 102 Å². The Morgan fingerprint density at radius 3 is 2.32 bits per heavy atom. The lowest BCUT2D eigenvalue weighted by Crippen LogP contribution is -2.54. The Kier molecular flexibility index (Phi) is 12.5. The summed E-state index contributed by atoms with van der Waals surface area (Å²) >= 11 is 0. The van der Waals surface area contributed by atoms with Crippen LogP contribution in [0.15, 0.2) is 48.8 Å². The van der Waals surface area contributed by atoms with Crippen LogP contribution in [0.3, 0.4) is 0 Å². The summed E-state index contributed by atoms with van der Waals surface area (Å²) in [6.07, 6.45) is 16.9. The number of nitrogens with one attached hydrogen (secondary N) is 2. The first-order valence-corrected chi connectivity index (χ1v) is 21.8. The van der Waals surface area contributed by atoms with Gasteiger partial charge < -0.3 is 19.7 Å². The van der Waals surface area contributed by atoms with Gasteiger partial charge in [0.15, 0.2) is 0 Å². The molecule has 15 nitrogen and oxygen atoms in total. The maximum absolute atomic E-state index is 13.4. The topological polar surface area (TPSA) is 166 Å². The smallest absolute Gasteiger partial charge is 0.270 e. The zero-order valence-corrected chi connectivity index (χ0v) is 34.8. The van der Waals surface area contributed by atoms with Crippen LogP contribution in [0.2, 0.25) is 0 Å². The van der Waals surface area contributed by atoms with Gasteiger partial charge in [0.05, 0.1) is 23.0 Å². The highest BCUT2D eigenvalue weighted by Crippen LogP contribution is 2.35. The van der Waals surface area contributed by atoms with E-state index in [-0.39, 0.29) is 30.7 Å². The molecule has 3 aromatic heterocycles. The van der Waals surface area contributed by atoms with Crippen molar-refractivity contribution < 1.29 is 24.0 Å². The molecule has 1 unspecified atom stereocenters. The van der Waals surface area contributed by atoms with Gasteiger partial charge in [0.1, 0.15) is 23.2 Å². The van der Waals surface area contributed by atoms with Gasteiger partial charge in [-0.3, -0.25) is 39.1 Å². The SMILES string of the molecule is CN(C)C(=O)c1cc2cnc(Nc3ccc(N4CCN(CCCCCCCCCc5cccc6c5C(=O)N(C5CCC(=O)NC5=O)C6=O)CC4)cn3)nc2n1C1CCCC1. The fourth-order valence-electron chi connectivity index (χ4n) is 9.31. The van der Waals surface area contributed by atoms with E-state index in [1.54, 1.807) is 31.3 Å². The molecule has 1 atom stereocenters. The van der Waals surface area contributed by atoms with Crippen LogP contribution in [0, 0.1) is 0 Å². The van der Waals surface area contributed by atoms with Crippen LogP contribution in [0.5, 0.6) is 0 Å². The van der Waals surface area contributed by atoms with E-state index in [2.05, 4.69) is 36.1 Å². The number of rotatable bonds is 16. The summed E-state index contributed by atoms with van der Waals surface area (Å²) in [6, 6.07) is 10.7. The molecule has 4 aliphatic rings. The van der Waals surface area contributed by atoms with Crippen LogP contribution in [0.1, 0.15) is 126 Å². The van der Waals surface area contributed by atoms with Crippen LogP contribution < -0.4 is 15.5 Å². The number of hydrogen-bond acceptors (Lipinski definition) is 11. The molecular weight excluding hydrogens is 761 g/mol. The van der Waals surface area contributed by atoms with Crippen molar-refractivity contribution in [3.63, 3.8) is 0 Å². The highest BCUT2D eigenvalue weighted by Gasteiger charge is 2.45. The van der Waals surface area contributed by atoms with Gasteiger partial charge in [0.2, 0.25) is 17.8 Å². The molecule has 15 heteroatoms. The molecular formula is C45H56N10O5. The molecule has 2 saturated heterocycles. The minimum Gasteiger partial charge on any atom is -0.368 e. The third-order valence-corrected chi connectivity index (χ3v) is 12.6. The van der Waals surface area contributed by atoms with Gasteiger partial charge in [0, 0.05) is 64.3 Å². The summed E-state index contributed by atoms with van der Waals surface area (Å²) in [4.78, 5) is 85.3. The van der Waals surface area contributed by atoms with Gasteiger partial charge in [-0.05, 0) is 74.9 Å². The molecule has 2 N–H and O–H groups in total. The number of aromatic nitrogens is 4. The van der Waals surface area contributed by atoms with Crippen molar-refractivity contribution in [2.75, 3.05) is 57.0 Å². The van der Waals surface area contributed by atoms with Crippen LogP contribution in [-0.2, 0) is 16.0 Å². The Morgan fingerprint density at radius 2 is 1.60 bits per heavy atom. The quantitative estimate of drug-likeness (QED) is 0.102. The number of amides is 5. The molecule has 0 radical (unpaired) electrons. The minimum atomic E-state index is -0.943. The Balaban J connectivity index is 0.727. The summed E-state index contributed by atoms with van der Waals surface area (Å²) in [5.74, 6) is -0.727. The largest absolute Gasteiger partial charge is 0.368 e. The first-order chi connectivity index (χ1) is 29.2. The molecule has 5 amide bonds. The predicted molar refractivity (Wildman–Crippen MR) is 228 cm³/mol. The third kappa shape index (κ3) is 8.77. The molecule has 3 aliphatic heterocycles. The average Bonchev–Trinajstić information content (AvgIpc) is 3.97. The van der Waals surface area contributed by atoms with Crippen molar-refractivity contribution in [3.05, 3.63) is 71.2 Å². The number of carbonyl (C=O) groups excluding carboxylic acids is 5. The first-order valence-electron chi connectivity index (χ1n) is 21.8. The summed E-state index contributed by atoms with van der Waals surface area (Å²) in [5.41, 5.74) is 4.16. The molecule has 6 heterocycles. The van der Waals surface area contributed by atoms with Crippen molar-refractivity contribution in [1.29, 1.82) is 0 Å². The van der Waals surface area contributed by atoms with E-state index in [0.717, 1.165) is 105 Å². The van der Waals surface area contributed by atoms with Crippen molar-refractivity contribution in [3.8, 4) is 0 Å². The fourth-order valence-corrected chi connectivity index (χ4v) is 9.31. The highest BCUT2D eigenvalue weighted by atomic mass is 16.2. The number of aryl methyl sites for hydroxylation is 1. The second kappa shape index (κ2) is 18.3. The Hall–Kier alpha value is -5.70. The summed E-state index contributed by atoms with van der Waals surface area (Å²) in [5, 5.41) is 6.40. The van der Waals surface area contributed by atoms with E-state index in [9.17, 15) is 24.0 Å². The molecule has 1 saturated carbocycles. The molecule has 1 aromatic carbocycles. The number of imide groups is 2. The van der Waals surface area contributed by atoms with E-state index in [0.29, 0.717) is 35.0 Å². The van der Waals surface area contributed by atoms with E-state index in [4.69, 9.17) is 9.97 Å². The average molecular weight is 817 g/mol. The molecule has 3 fully saturated rings. The maximum atomic E-state index is 13.4.